The third-order valence-corrected chi connectivity index (χ3v) is 4.25. The van der Waals surface area contributed by atoms with Gasteiger partial charge in [-0.25, -0.2) is 9.59 Å². The van der Waals surface area contributed by atoms with Crippen molar-refractivity contribution >= 4 is 17.6 Å². The van der Waals surface area contributed by atoms with Gasteiger partial charge in [0.15, 0.2) is 0 Å². The van der Waals surface area contributed by atoms with Gasteiger partial charge >= 0.3 is 11.7 Å². The van der Waals surface area contributed by atoms with E-state index in [1.807, 2.05) is 0 Å². The average molecular weight is 387 g/mol. The van der Waals surface area contributed by atoms with Crippen molar-refractivity contribution in [3.63, 3.8) is 0 Å². The summed E-state index contributed by atoms with van der Waals surface area (Å²) in [5.41, 5.74) is 0.000750. The third-order valence-electron chi connectivity index (χ3n) is 4.25. The van der Waals surface area contributed by atoms with Gasteiger partial charge in [0.2, 0.25) is 0 Å². The predicted octanol–water partition coefficient (Wildman–Crippen LogP) is 0.294. The van der Waals surface area contributed by atoms with Crippen molar-refractivity contribution in [2.45, 2.75) is 25.5 Å². The molecule has 0 bridgehead atoms. The summed E-state index contributed by atoms with van der Waals surface area (Å²) < 4.78 is 5.46. The molecule has 2 heterocycles. The fraction of sp³-hybridized carbons (Fsp3) is 0.333. The van der Waals surface area contributed by atoms with Crippen LogP contribution in [0.4, 0.5) is 10.5 Å². The number of urea groups is 1. The van der Waals surface area contributed by atoms with Gasteiger partial charge in [-0.2, -0.15) is 0 Å². The first-order valence-electron chi connectivity index (χ1n) is 8.87. The molecule has 28 heavy (non-hydrogen) atoms. The molecule has 1 atom stereocenters. The Labute approximate surface area is 159 Å². The number of aromatic amines is 2. The maximum atomic E-state index is 12.1. The van der Waals surface area contributed by atoms with Crippen LogP contribution in [0.2, 0.25) is 0 Å². The first-order chi connectivity index (χ1) is 13.5. The van der Waals surface area contributed by atoms with Crippen molar-refractivity contribution in [2.75, 3.05) is 18.5 Å². The van der Waals surface area contributed by atoms with Crippen LogP contribution in [0.25, 0.3) is 0 Å². The van der Waals surface area contributed by atoms with E-state index in [0.717, 1.165) is 19.4 Å². The van der Waals surface area contributed by atoms with Crippen molar-refractivity contribution in [2.24, 2.45) is 0 Å². The summed E-state index contributed by atoms with van der Waals surface area (Å²) in [5.74, 6) is -0.205. The third kappa shape index (κ3) is 5.30. The molecule has 3 rings (SSSR count). The van der Waals surface area contributed by atoms with Crippen LogP contribution in [0.3, 0.4) is 0 Å². The second kappa shape index (κ2) is 9.00. The van der Waals surface area contributed by atoms with Gasteiger partial charge in [0.05, 0.1) is 18.2 Å². The van der Waals surface area contributed by atoms with E-state index in [0.29, 0.717) is 17.8 Å². The summed E-state index contributed by atoms with van der Waals surface area (Å²) in [7, 11) is 0. The lowest BCUT2D eigenvalue weighted by Crippen LogP contribution is -2.33. The van der Waals surface area contributed by atoms with Crippen LogP contribution in [-0.4, -0.2) is 41.2 Å². The number of nitrogens with one attached hydrogen (secondary N) is 5. The van der Waals surface area contributed by atoms with Gasteiger partial charge in [0, 0.05) is 30.6 Å². The molecule has 1 aromatic heterocycles. The first kappa shape index (κ1) is 19.4. The standard InChI is InChI=1S/C18H21N5O5/c24-15(19-10-14-2-1-7-28-14)11-3-5-13(6-4-11)22-17(26)20-8-12-9-21-18(27)23-16(12)25/h3-6,9,14H,1-2,7-8,10H2,(H,19,24)(H2,20,22,26)(H2,21,23,25,27). The quantitative estimate of drug-likeness (QED) is 0.484. The Morgan fingerprint density at radius 1 is 1.14 bits per heavy atom. The zero-order valence-electron chi connectivity index (χ0n) is 15.0. The van der Waals surface area contributed by atoms with Crippen LogP contribution < -0.4 is 27.2 Å². The molecule has 2 aromatic rings. The van der Waals surface area contributed by atoms with Crippen LogP contribution in [0.1, 0.15) is 28.8 Å². The first-order valence-corrected chi connectivity index (χ1v) is 8.87. The summed E-state index contributed by atoms with van der Waals surface area (Å²) in [6.45, 7) is 1.16. The highest BCUT2D eigenvalue weighted by Crippen LogP contribution is 2.12. The Morgan fingerprint density at radius 2 is 1.93 bits per heavy atom. The Kier molecular flexibility index (Phi) is 6.22. The molecule has 0 saturated carbocycles. The summed E-state index contributed by atoms with van der Waals surface area (Å²) in [4.78, 5) is 51.0. The van der Waals surface area contributed by atoms with E-state index in [2.05, 4.69) is 25.9 Å². The van der Waals surface area contributed by atoms with Crippen LogP contribution in [0, 0.1) is 0 Å². The van der Waals surface area contributed by atoms with Crippen molar-refractivity contribution < 1.29 is 14.3 Å². The molecule has 0 radical (unpaired) electrons. The molecular formula is C18H21N5O5. The summed E-state index contributed by atoms with van der Waals surface area (Å²) in [6, 6.07) is 5.89. The van der Waals surface area contributed by atoms with Crippen LogP contribution in [0.15, 0.2) is 40.1 Å². The lowest BCUT2D eigenvalue weighted by molar-refractivity contribution is 0.0858. The van der Waals surface area contributed by atoms with E-state index < -0.39 is 17.3 Å². The van der Waals surface area contributed by atoms with Crippen LogP contribution >= 0.6 is 0 Å². The highest BCUT2D eigenvalue weighted by molar-refractivity contribution is 5.95. The number of carbonyl (C=O) groups excluding carboxylic acids is 2. The number of anilines is 1. The molecule has 1 saturated heterocycles. The van der Waals surface area contributed by atoms with Crippen LogP contribution in [0.5, 0.6) is 0 Å². The van der Waals surface area contributed by atoms with E-state index in [1.165, 1.54) is 6.20 Å². The molecule has 1 aromatic carbocycles. The molecule has 0 aliphatic carbocycles. The van der Waals surface area contributed by atoms with Crippen molar-refractivity contribution in [1.29, 1.82) is 0 Å². The number of hydrogen-bond donors (Lipinski definition) is 5. The minimum absolute atomic E-state index is 0.0539. The number of amides is 3. The molecule has 1 fully saturated rings. The van der Waals surface area contributed by atoms with E-state index in [4.69, 9.17) is 4.74 Å². The normalized spacial score (nSPS) is 15.8. The fourth-order valence-electron chi connectivity index (χ4n) is 2.74. The Hall–Kier alpha value is -3.40. The topological polar surface area (TPSA) is 145 Å². The van der Waals surface area contributed by atoms with Gasteiger partial charge in [-0.3, -0.25) is 14.6 Å². The Morgan fingerprint density at radius 3 is 2.61 bits per heavy atom. The van der Waals surface area contributed by atoms with Gasteiger partial charge in [-0.15, -0.1) is 0 Å². The molecule has 0 spiro atoms. The molecular weight excluding hydrogens is 366 g/mol. The number of benzene rings is 1. The van der Waals surface area contributed by atoms with E-state index in [1.54, 1.807) is 24.3 Å². The minimum Gasteiger partial charge on any atom is -0.376 e. The number of H-pyrrole nitrogens is 2. The summed E-state index contributed by atoms with van der Waals surface area (Å²) in [6.07, 6.45) is 3.28. The van der Waals surface area contributed by atoms with Crippen molar-refractivity contribution in [3.05, 3.63) is 62.4 Å². The second-order valence-corrected chi connectivity index (χ2v) is 6.33. The Bertz CT molecular complexity index is 944. The molecule has 10 heteroatoms. The molecule has 1 unspecified atom stereocenters. The fourth-order valence-corrected chi connectivity index (χ4v) is 2.74. The SMILES string of the molecule is O=C(NCc1c[nH]c(=O)[nH]c1=O)Nc1ccc(C(=O)NCC2CCCO2)cc1. The monoisotopic (exact) mass is 387 g/mol. The number of carbonyl (C=O) groups is 2. The number of rotatable bonds is 6. The zero-order chi connectivity index (χ0) is 19.9. The van der Waals surface area contributed by atoms with Gasteiger partial charge in [0.1, 0.15) is 0 Å². The minimum atomic E-state index is -0.613. The van der Waals surface area contributed by atoms with Gasteiger partial charge in [0.25, 0.3) is 11.5 Å². The highest BCUT2D eigenvalue weighted by Gasteiger charge is 2.16. The zero-order valence-corrected chi connectivity index (χ0v) is 15.0. The van der Waals surface area contributed by atoms with Gasteiger partial charge < -0.3 is 25.7 Å². The van der Waals surface area contributed by atoms with Crippen molar-refractivity contribution in [1.82, 2.24) is 20.6 Å². The van der Waals surface area contributed by atoms with Crippen molar-refractivity contribution in [3.8, 4) is 0 Å². The average Bonchev–Trinajstić information content (AvgIpc) is 3.19. The molecule has 10 nitrogen and oxygen atoms in total. The molecule has 1 aliphatic rings. The number of ether oxygens (including phenoxy) is 1. The maximum absolute atomic E-state index is 12.1. The lowest BCUT2D eigenvalue weighted by atomic mass is 10.2. The Balaban J connectivity index is 1.47. The lowest BCUT2D eigenvalue weighted by Gasteiger charge is -2.11. The predicted molar refractivity (Wildman–Crippen MR) is 101 cm³/mol. The van der Waals surface area contributed by atoms with Gasteiger partial charge in [-0.05, 0) is 37.1 Å². The number of aromatic nitrogens is 2. The summed E-state index contributed by atoms with van der Waals surface area (Å²) in [5, 5.41) is 7.94. The maximum Gasteiger partial charge on any atom is 0.325 e. The second-order valence-electron chi connectivity index (χ2n) is 6.33. The van der Waals surface area contributed by atoms with E-state index >= 15 is 0 Å². The molecule has 1 aliphatic heterocycles. The van der Waals surface area contributed by atoms with Crippen LogP contribution in [-0.2, 0) is 11.3 Å². The summed E-state index contributed by atoms with van der Waals surface area (Å²) >= 11 is 0. The van der Waals surface area contributed by atoms with Gasteiger partial charge in [-0.1, -0.05) is 0 Å². The largest absolute Gasteiger partial charge is 0.376 e. The molecule has 5 N–H and O–H groups in total. The molecule has 148 valence electrons. The van der Waals surface area contributed by atoms with E-state index in [-0.39, 0.29) is 24.1 Å². The smallest absolute Gasteiger partial charge is 0.325 e. The number of hydrogen-bond acceptors (Lipinski definition) is 5. The molecule has 3 amide bonds. The van der Waals surface area contributed by atoms with E-state index in [9.17, 15) is 19.2 Å². The highest BCUT2D eigenvalue weighted by atomic mass is 16.5.